The fourth-order valence-corrected chi connectivity index (χ4v) is 2.90. The van der Waals surface area contributed by atoms with Crippen LogP contribution in [0.4, 0.5) is 22.0 Å². The van der Waals surface area contributed by atoms with Crippen molar-refractivity contribution in [2.45, 2.75) is 19.5 Å². The van der Waals surface area contributed by atoms with Crippen molar-refractivity contribution in [2.24, 2.45) is 0 Å². The van der Waals surface area contributed by atoms with Gasteiger partial charge < -0.3 is 9.72 Å². The van der Waals surface area contributed by atoms with E-state index in [4.69, 9.17) is 4.74 Å². The van der Waals surface area contributed by atoms with Crippen molar-refractivity contribution in [3.63, 3.8) is 0 Å². The van der Waals surface area contributed by atoms with Crippen molar-refractivity contribution in [1.29, 1.82) is 0 Å². The molecule has 0 unspecified atom stereocenters. The van der Waals surface area contributed by atoms with Crippen molar-refractivity contribution in [1.82, 2.24) is 4.98 Å². The Morgan fingerprint density at radius 3 is 2.38 bits per heavy atom. The molecule has 0 saturated heterocycles. The molecule has 0 radical (unpaired) electrons. The molecular formula is C20H14F5NO3. The molecular weight excluding hydrogens is 397 g/mol. The zero-order valence-electron chi connectivity index (χ0n) is 15.0. The number of benzene rings is 2. The van der Waals surface area contributed by atoms with Gasteiger partial charge in [0.1, 0.15) is 11.4 Å². The van der Waals surface area contributed by atoms with Gasteiger partial charge in [0, 0.05) is 12.6 Å². The third-order valence-corrected chi connectivity index (χ3v) is 4.29. The van der Waals surface area contributed by atoms with E-state index in [1.165, 1.54) is 6.92 Å². The molecule has 4 nitrogen and oxygen atoms in total. The van der Waals surface area contributed by atoms with E-state index in [9.17, 15) is 31.5 Å². The van der Waals surface area contributed by atoms with E-state index in [1.54, 1.807) is 0 Å². The Hall–Kier alpha value is -3.23. The second-order valence-electron chi connectivity index (χ2n) is 6.20. The number of aromatic amines is 1. The largest absolute Gasteiger partial charge is 0.462 e. The maximum atomic E-state index is 14.8. The molecule has 0 bridgehead atoms. The number of ether oxygens (including phenoxy) is 1. The lowest BCUT2D eigenvalue weighted by Gasteiger charge is -2.10. The van der Waals surface area contributed by atoms with E-state index in [0.717, 1.165) is 36.5 Å². The number of nitrogens with one attached hydrogen (secondary N) is 1. The van der Waals surface area contributed by atoms with Crippen LogP contribution in [0, 0.1) is 11.6 Å². The van der Waals surface area contributed by atoms with Crippen LogP contribution in [-0.4, -0.2) is 17.6 Å². The molecule has 3 aromatic rings. The lowest BCUT2D eigenvalue weighted by atomic mass is 10.00. The first-order valence-electron chi connectivity index (χ1n) is 8.49. The maximum absolute atomic E-state index is 14.8. The minimum Gasteiger partial charge on any atom is -0.462 e. The van der Waals surface area contributed by atoms with E-state index in [0.29, 0.717) is 5.56 Å². The average Bonchev–Trinajstić information content (AvgIpc) is 2.65. The number of hydrogen-bond acceptors (Lipinski definition) is 3. The number of fused-ring (bicyclic) bond motifs is 1. The summed E-state index contributed by atoms with van der Waals surface area (Å²) < 4.78 is 72.0. The molecule has 0 aliphatic heterocycles. The summed E-state index contributed by atoms with van der Waals surface area (Å²) in [7, 11) is 0. The summed E-state index contributed by atoms with van der Waals surface area (Å²) in [4.78, 5) is 26.6. The van der Waals surface area contributed by atoms with Gasteiger partial charge in [-0.05, 0) is 36.2 Å². The van der Waals surface area contributed by atoms with Crippen molar-refractivity contribution in [2.75, 3.05) is 6.61 Å². The van der Waals surface area contributed by atoms with Gasteiger partial charge in [-0.3, -0.25) is 4.79 Å². The van der Waals surface area contributed by atoms with E-state index in [-0.39, 0.29) is 18.6 Å². The monoisotopic (exact) mass is 411 g/mol. The lowest BCUT2D eigenvalue weighted by molar-refractivity contribution is -0.137. The Morgan fingerprint density at radius 1 is 1.14 bits per heavy atom. The molecule has 0 aliphatic carbocycles. The summed E-state index contributed by atoms with van der Waals surface area (Å²) in [6.07, 6.45) is -3.76. The van der Waals surface area contributed by atoms with Gasteiger partial charge in [0.25, 0.3) is 0 Å². The Kier molecular flexibility index (Phi) is 5.41. The summed E-state index contributed by atoms with van der Waals surface area (Å²) in [5.74, 6) is -2.96. The standard InChI is InChI=1S/C20H14F5NO3/c1-2-29-19(28)13-9-26-17-15(18(13)27)14(21)8-11(16(17)22)7-10-3-5-12(6-4-10)20(23,24)25/h3-6,8-9H,2,7H2,1H3,(H,26,27). The van der Waals surface area contributed by atoms with E-state index in [2.05, 4.69) is 4.98 Å². The first kappa shape index (κ1) is 20.5. The first-order chi connectivity index (χ1) is 13.6. The summed E-state index contributed by atoms with van der Waals surface area (Å²) in [5, 5.41) is -0.635. The first-order valence-corrected chi connectivity index (χ1v) is 8.49. The van der Waals surface area contributed by atoms with Crippen LogP contribution in [-0.2, 0) is 17.3 Å². The fraction of sp³-hybridized carbons (Fsp3) is 0.200. The van der Waals surface area contributed by atoms with Crippen LogP contribution >= 0.6 is 0 Å². The molecule has 0 fully saturated rings. The predicted octanol–water partition coefficient (Wildman–Crippen LogP) is 4.59. The van der Waals surface area contributed by atoms with E-state index < -0.39 is 51.2 Å². The number of hydrogen-bond donors (Lipinski definition) is 1. The quantitative estimate of drug-likeness (QED) is 0.505. The average molecular weight is 411 g/mol. The molecule has 1 aromatic heterocycles. The molecule has 1 N–H and O–H groups in total. The van der Waals surface area contributed by atoms with Gasteiger partial charge in [-0.25, -0.2) is 13.6 Å². The highest BCUT2D eigenvalue weighted by molar-refractivity contribution is 5.94. The highest BCUT2D eigenvalue weighted by Crippen LogP contribution is 2.30. The molecule has 0 aliphatic rings. The van der Waals surface area contributed by atoms with Gasteiger partial charge in [-0.1, -0.05) is 12.1 Å². The Labute approximate surface area is 160 Å². The highest BCUT2D eigenvalue weighted by Gasteiger charge is 2.30. The number of esters is 1. The molecule has 0 atom stereocenters. The fourth-order valence-electron chi connectivity index (χ4n) is 2.90. The molecule has 0 amide bonds. The maximum Gasteiger partial charge on any atom is 0.416 e. The van der Waals surface area contributed by atoms with Gasteiger partial charge in [-0.2, -0.15) is 13.2 Å². The van der Waals surface area contributed by atoms with Crippen molar-refractivity contribution >= 4 is 16.9 Å². The molecule has 2 aromatic carbocycles. The zero-order chi connectivity index (χ0) is 21.3. The predicted molar refractivity (Wildman–Crippen MR) is 94.7 cm³/mol. The van der Waals surface area contributed by atoms with Crippen molar-refractivity contribution in [3.05, 3.63) is 80.6 Å². The number of carbonyl (C=O) groups is 1. The van der Waals surface area contributed by atoms with Crippen LogP contribution in [0.3, 0.4) is 0 Å². The Morgan fingerprint density at radius 2 is 1.79 bits per heavy atom. The minimum absolute atomic E-state index is 0.000774. The molecule has 29 heavy (non-hydrogen) atoms. The Bertz CT molecular complexity index is 1130. The molecule has 9 heteroatoms. The molecule has 0 saturated carbocycles. The minimum atomic E-state index is -4.51. The number of aromatic nitrogens is 1. The van der Waals surface area contributed by atoms with Crippen LogP contribution in [0.25, 0.3) is 10.9 Å². The molecule has 3 rings (SSSR count). The second-order valence-corrected chi connectivity index (χ2v) is 6.20. The summed E-state index contributed by atoms with van der Waals surface area (Å²) in [6.45, 7) is 1.53. The molecule has 152 valence electrons. The number of alkyl halides is 3. The van der Waals surface area contributed by atoms with Gasteiger partial charge in [0.2, 0.25) is 5.43 Å². The normalized spacial score (nSPS) is 11.7. The van der Waals surface area contributed by atoms with Crippen LogP contribution in [0.2, 0.25) is 0 Å². The van der Waals surface area contributed by atoms with Crippen LogP contribution in [0.1, 0.15) is 34.0 Å². The smallest absolute Gasteiger partial charge is 0.416 e. The highest BCUT2D eigenvalue weighted by atomic mass is 19.4. The van der Waals surface area contributed by atoms with Crippen molar-refractivity contribution in [3.8, 4) is 0 Å². The van der Waals surface area contributed by atoms with Gasteiger partial charge in [0.05, 0.1) is 23.1 Å². The van der Waals surface area contributed by atoms with E-state index in [1.807, 2.05) is 0 Å². The van der Waals surface area contributed by atoms with Crippen LogP contribution in [0.15, 0.2) is 41.3 Å². The van der Waals surface area contributed by atoms with Gasteiger partial charge in [0.15, 0.2) is 5.82 Å². The topological polar surface area (TPSA) is 59.2 Å². The SMILES string of the molecule is CCOC(=O)c1c[nH]c2c(F)c(Cc3ccc(C(F)(F)F)cc3)cc(F)c2c1=O. The molecule has 1 heterocycles. The number of carbonyl (C=O) groups excluding carboxylic acids is 1. The third-order valence-electron chi connectivity index (χ3n) is 4.29. The van der Waals surface area contributed by atoms with Crippen LogP contribution < -0.4 is 5.43 Å². The van der Waals surface area contributed by atoms with E-state index >= 15 is 0 Å². The third kappa shape index (κ3) is 3.98. The molecule has 0 spiro atoms. The lowest BCUT2D eigenvalue weighted by Crippen LogP contribution is -2.19. The number of halogens is 5. The van der Waals surface area contributed by atoms with Gasteiger partial charge >= 0.3 is 12.1 Å². The number of H-pyrrole nitrogens is 1. The number of pyridine rings is 1. The summed E-state index contributed by atoms with van der Waals surface area (Å²) >= 11 is 0. The van der Waals surface area contributed by atoms with Gasteiger partial charge in [-0.15, -0.1) is 0 Å². The van der Waals surface area contributed by atoms with Crippen molar-refractivity contribution < 1.29 is 31.5 Å². The van der Waals surface area contributed by atoms with Crippen LogP contribution in [0.5, 0.6) is 0 Å². The number of rotatable bonds is 4. The second kappa shape index (κ2) is 7.65. The summed E-state index contributed by atoms with van der Waals surface area (Å²) in [5.41, 5.74) is -2.62. The summed E-state index contributed by atoms with van der Waals surface area (Å²) in [6, 6.07) is 4.81. The zero-order valence-corrected chi connectivity index (χ0v) is 15.0. The Balaban J connectivity index is 2.03.